The van der Waals surface area contributed by atoms with E-state index in [-0.39, 0.29) is 0 Å². The molecule has 0 saturated carbocycles. The molecule has 8 aromatic rings. The molecular formula is C37H21N5. The zero-order chi connectivity index (χ0) is 28.2. The number of hydrogen-bond acceptors (Lipinski definition) is 2. The van der Waals surface area contributed by atoms with Gasteiger partial charge in [0.1, 0.15) is 0 Å². The highest BCUT2D eigenvalue weighted by molar-refractivity contribution is 6.10. The van der Waals surface area contributed by atoms with Crippen molar-refractivity contribution >= 4 is 49.4 Å². The van der Waals surface area contributed by atoms with Crippen LogP contribution < -0.4 is 0 Å². The molecule has 3 heterocycles. The monoisotopic (exact) mass is 535 g/mol. The highest BCUT2D eigenvalue weighted by Crippen LogP contribution is 2.37. The zero-order valence-electron chi connectivity index (χ0n) is 22.4. The smallest absolute Gasteiger partial charge is 0.188 e. The minimum absolute atomic E-state index is 0.581. The fourth-order valence-corrected chi connectivity index (χ4v) is 6.17. The summed E-state index contributed by atoms with van der Waals surface area (Å²) in [7, 11) is 0. The number of aromatic nitrogens is 3. The summed E-state index contributed by atoms with van der Waals surface area (Å²) in [5.74, 6) is 0. The molecular weight excluding hydrogens is 514 g/mol. The fourth-order valence-electron chi connectivity index (χ4n) is 6.17. The SMILES string of the molecule is [C-]#[N+]c1ccc2c(c1)c1ccccc1n2-c1cc(C#N)cc(-c2cccc(-n3c4ccccc4c4ncccc43)c2)c1. The standard InChI is InChI=1S/C37H21N5/c1-39-27-15-16-35-32(22-27)30-10-2-4-12-33(30)42(35)29-19-24(23-38)18-26(21-29)25-8-6-9-28(20-25)41-34-13-5-3-11-31(34)37-36(41)14-7-17-40-37/h2-22H. The van der Waals surface area contributed by atoms with Gasteiger partial charge in [-0.15, -0.1) is 0 Å². The predicted octanol–water partition coefficient (Wildman–Crippen LogP) is 9.37. The van der Waals surface area contributed by atoms with Crippen molar-refractivity contribution in [1.29, 1.82) is 5.26 Å². The lowest BCUT2D eigenvalue weighted by molar-refractivity contribution is 1.17. The van der Waals surface area contributed by atoms with E-state index in [0.717, 1.165) is 66.2 Å². The van der Waals surface area contributed by atoms with Crippen LogP contribution in [0.4, 0.5) is 5.69 Å². The summed E-state index contributed by atoms with van der Waals surface area (Å²) in [6.45, 7) is 7.51. The van der Waals surface area contributed by atoms with Crippen LogP contribution >= 0.6 is 0 Å². The van der Waals surface area contributed by atoms with Gasteiger partial charge in [0.25, 0.3) is 0 Å². The number of rotatable bonds is 3. The number of pyridine rings is 1. The average Bonchev–Trinajstić information content (AvgIpc) is 3.57. The summed E-state index contributed by atoms with van der Waals surface area (Å²) in [6, 6.07) is 43.2. The lowest BCUT2D eigenvalue weighted by Gasteiger charge is -2.13. The van der Waals surface area contributed by atoms with Gasteiger partial charge in [-0.1, -0.05) is 54.6 Å². The van der Waals surface area contributed by atoms with Crippen LogP contribution in [0.25, 0.3) is 71.1 Å². The number of hydrogen-bond donors (Lipinski definition) is 0. The molecule has 0 N–H and O–H groups in total. The molecule has 0 radical (unpaired) electrons. The maximum absolute atomic E-state index is 10.1. The lowest BCUT2D eigenvalue weighted by Crippen LogP contribution is -1.97. The van der Waals surface area contributed by atoms with Gasteiger partial charge in [0.2, 0.25) is 0 Å². The van der Waals surface area contributed by atoms with Crippen molar-refractivity contribution in [1.82, 2.24) is 14.1 Å². The van der Waals surface area contributed by atoms with Crippen LogP contribution in [0.3, 0.4) is 0 Å². The van der Waals surface area contributed by atoms with Crippen molar-refractivity contribution in [2.24, 2.45) is 0 Å². The van der Waals surface area contributed by atoms with Gasteiger partial charge in [-0.3, -0.25) is 4.98 Å². The Hall–Kier alpha value is -6.17. The zero-order valence-corrected chi connectivity index (χ0v) is 22.4. The van der Waals surface area contributed by atoms with Crippen molar-refractivity contribution in [3.63, 3.8) is 0 Å². The molecule has 42 heavy (non-hydrogen) atoms. The first kappa shape index (κ1) is 23.7. The van der Waals surface area contributed by atoms with Crippen LogP contribution in [0.2, 0.25) is 0 Å². The maximum atomic E-state index is 10.1. The van der Waals surface area contributed by atoms with Gasteiger partial charge in [-0.25, -0.2) is 4.85 Å². The highest BCUT2D eigenvalue weighted by Gasteiger charge is 2.16. The molecule has 0 saturated heterocycles. The Kier molecular flexibility index (Phi) is 5.19. The van der Waals surface area contributed by atoms with Gasteiger partial charge in [0, 0.05) is 28.3 Å². The molecule has 5 aromatic carbocycles. The van der Waals surface area contributed by atoms with E-state index in [1.807, 2.05) is 60.8 Å². The molecule has 5 nitrogen and oxygen atoms in total. The van der Waals surface area contributed by atoms with E-state index in [0.29, 0.717) is 11.3 Å². The Bertz CT molecular complexity index is 2390. The number of fused-ring (bicyclic) bond motifs is 6. The first-order valence-corrected chi connectivity index (χ1v) is 13.6. The van der Waals surface area contributed by atoms with Crippen LogP contribution in [-0.2, 0) is 0 Å². The number of nitriles is 1. The predicted molar refractivity (Wildman–Crippen MR) is 169 cm³/mol. The largest absolute Gasteiger partial charge is 0.309 e. The van der Waals surface area contributed by atoms with Crippen molar-refractivity contribution in [3.05, 3.63) is 145 Å². The summed E-state index contributed by atoms with van der Waals surface area (Å²) in [6.07, 6.45) is 1.83. The quantitative estimate of drug-likeness (QED) is 0.212. The highest BCUT2D eigenvalue weighted by atomic mass is 15.0. The van der Waals surface area contributed by atoms with Crippen LogP contribution in [0.15, 0.2) is 128 Å². The minimum Gasteiger partial charge on any atom is -0.309 e. The third kappa shape index (κ3) is 3.52. The van der Waals surface area contributed by atoms with Crippen LogP contribution in [0.5, 0.6) is 0 Å². The summed E-state index contributed by atoms with van der Waals surface area (Å²) in [4.78, 5) is 8.33. The first-order chi connectivity index (χ1) is 20.7. The number of benzene rings is 5. The Morgan fingerprint density at radius 2 is 1.31 bits per heavy atom. The summed E-state index contributed by atoms with van der Waals surface area (Å²) < 4.78 is 4.43. The molecule has 3 aromatic heterocycles. The van der Waals surface area contributed by atoms with Gasteiger partial charge in [-0.2, -0.15) is 5.26 Å². The average molecular weight is 536 g/mol. The molecule has 8 rings (SSSR count). The second kappa shape index (κ2) is 9.20. The molecule has 0 bridgehead atoms. The summed E-state index contributed by atoms with van der Waals surface area (Å²) in [5, 5.41) is 13.3. The first-order valence-electron chi connectivity index (χ1n) is 13.6. The molecule has 0 aliphatic heterocycles. The van der Waals surface area contributed by atoms with Crippen molar-refractivity contribution < 1.29 is 0 Å². The molecule has 0 atom stereocenters. The van der Waals surface area contributed by atoms with Crippen LogP contribution in [0.1, 0.15) is 5.56 Å². The molecule has 0 aliphatic carbocycles. The van der Waals surface area contributed by atoms with Crippen LogP contribution in [-0.4, -0.2) is 14.1 Å². The molecule has 0 fully saturated rings. The van der Waals surface area contributed by atoms with E-state index in [9.17, 15) is 5.26 Å². The molecule has 5 heteroatoms. The van der Waals surface area contributed by atoms with Gasteiger partial charge < -0.3 is 9.13 Å². The third-order valence-electron chi connectivity index (χ3n) is 7.96. The maximum Gasteiger partial charge on any atom is 0.188 e. The van der Waals surface area contributed by atoms with Crippen molar-refractivity contribution in [2.75, 3.05) is 0 Å². The van der Waals surface area contributed by atoms with E-state index < -0.39 is 0 Å². The molecule has 0 unspecified atom stereocenters. The van der Waals surface area contributed by atoms with E-state index >= 15 is 0 Å². The topological polar surface area (TPSA) is 50.9 Å². The van der Waals surface area contributed by atoms with E-state index in [4.69, 9.17) is 6.57 Å². The minimum atomic E-state index is 0.581. The van der Waals surface area contributed by atoms with Gasteiger partial charge in [0.15, 0.2) is 5.69 Å². The Balaban J connectivity index is 1.35. The van der Waals surface area contributed by atoms with Crippen LogP contribution in [0, 0.1) is 17.9 Å². The number of para-hydroxylation sites is 2. The summed E-state index contributed by atoms with van der Waals surface area (Å²) >= 11 is 0. The molecule has 194 valence electrons. The third-order valence-corrected chi connectivity index (χ3v) is 7.96. The van der Waals surface area contributed by atoms with Gasteiger partial charge >= 0.3 is 0 Å². The molecule has 0 aliphatic rings. The fraction of sp³-hybridized carbons (Fsp3) is 0. The molecule has 0 amide bonds. The van der Waals surface area contributed by atoms with E-state index in [1.54, 1.807) is 0 Å². The van der Waals surface area contributed by atoms with Gasteiger partial charge in [-0.05, 0) is 83.2 Å². The van der Waals surface area contributed by atoms with Crippen molar-refractivity contribution in [2.45, 2.75) is 0 Å². The normalized spacial score (nSPS) is 11.3. The van der Waals surface area contributed by atoms with E-state index in [1.165, 1.54) is 0 Å². The Morgan fingerprint density at radius 3 is 2.14 bits per heavy atom. The van der Waals surface area contributed by atoms with Crippen molar-refractivity contribution in [3.8, 4) is 28.6 Å². The van der Waals surface area contributed by atoms with E-state index in [2.05, 4.69) is 91.8 Å². The Morgan fingerprint density at radius 1 is 0.595 bits per heavy atom. The molecule has 0 spiro atoms. The number of nitrogens with zero attached hydrogens (tertiary/aromatic N) is 5. The second-order valence-electron chi connectivity index (χ2n) is 10.3. The van der Waals surface area contributed by atoms with Gasteiger partial charge in [0.05, 0.1) is 45.8 Å². The lowest BCUT2D eigenvalue weighted by atomic mass is 10.0. The Labute approximate surface area is 241 Å². The summed E-state index contributed by atoms with van der Waals surface area (Å²) in [5.41, 5.74) is 10.2. The second-order valence-corrected chi connectivity index (χ2v) is 10.3.